The van der Waals surface area contributed by atoms with E-state index in [2.05, 4.69) is 20.8 Å². The molecule has 0 N–H and O–H groups in total. The van der Waals surface area contributed by atoms with E-state index in [1.807, 2.05) is 0 Å². The van der Waals surface area contributed by atoms with E-state index < -0.39 is 90.7 Å². The fraction of sp³-hybridized carbons (Fsp3) is 0.706. The molecule has 0 bridgehead atoms. The molecule has 0 fully saturated rings. The lowest BCUT2D eigenvalue weighted by atomic mass is 9.87. The number of carbonyl (C=O) groups is 3. The molecule has 0 aliphatic rings. The zero-order valence-corrected chi connectivity index (χ0v) is 18.8. The third-order valence-corrected chi connectivity index (χ3v) is 4.24. The first-order chi connectivity index (χ1) is 17.7. The van der Waals surface area contributed by atoms with Gasteiger partial charge in [0, 0.05) is 5.57 Å². The van der Waals surface area contributed by atoms with Gasteiger partial charge in [-0.05, 0) is 0 Å². The molecule has 0 aliphatic carbocycles. The Morgan fingerprint density at radius 2 is 0.732 bits per heavy atom. The van der Waals surface area contributed by atoms with Gasteiger partial charge in [-0.2, -0.15) is 79.0 Å². The molecule has 0 rings (SSSR count). The predicted octanol–water partition coefficient (Wildman–Crippen LogP) is 5.90. The summed E-state index contributed by atoms with van der Waals surface area (Å²) in [5.74, 6) is -16.5. The van der Waals surface area contributed by atoms with Crippen molar-refractivity contribution in [1.82, 2.24) is 0 Å². The molecule has 0 saturated carbocycles. The van der Waals surface area contributed by atoms with Crippen molar-refractivity contribution in [3.05, 3.63) is 12.2 Å². The maximum absolute atomic E-state index is 12.7. The van der Waals surface area contributed by atoms with Crippen molar-refractivity contribution in [1.29, 1.82) is 0 Å². The molecule has 0 radical (unpaired) electrons. The summed E-state index contributed by atoms with van der Waals surface area (Å²) >= 11 is 0. The van der Waals surface area contributed by atoms with E-state index in [1.165, 1.54) is 0 Å². The normalized spacial score (nSPS) is 15.6. The average molecular weight is 652 g/mol. The molecule has 0 spiro atoms. The summed E-state index contributed by atoms with van der Waals surface area (Å²) in [5.41, 5.74) is -2.41. The van der Waals surface area contributed by atoms with Gasteiger partial charge in [0.25, 0.3) is 18.3 Å². The van der Waals surface area contributed by atoms with Crippen molar-refractivity contribution < 1.29 is 108 Å². The van der Waals surface area contributed by atoms with Crippen LogP contribution in [0.15, 0.2) is 12.2 Å². The van der Waals surface area contributed by atoms with Crippen molar-refractivity contribution in [3.63, 3.8) is 0 Å². The summed E-state index contributed by atoms with van der Waals surface area (Å²) in [4.78, 5) is 35.9. The summed E-state index contributed by atoms with van der Waals surface area (Å²) in [6.07, 6.45) is -54.8. The summed E-state index contributed by atoms with van der Waals surface area (Å²) in [6.45, 7) is 2.14. The second-order valence-electron chi connectivity index (χ2n) is 7.46. The van der Waals surface area contributed by atoms with Gasteiger partial charge in [-0.3, -0.25) is 9.59 Å². The van der Waals surface area contributed by atoms with Crippen molar-refractivity contribution in [2.24, 2.45) is 11.8 Å². The van der Waals surface area contributed by atoms with Gasteiger partial charge in [-0.15, -0.1) is 0 Å². The molecule has 6 nitrogen and oxygen atoms in total. The van der Waals surface area contributed by atoms with E-state index in [1.54, 1.807) is 0 Å². The third kappa shape index (κ3) is 10.7. The minimum atomic E-state index is -6.61. The highest BCUT2D eigenvalue weighted by molar-refractivity contribution is 5.97. The van der Waals surface area contributed by atoms with Gasteiger partial charge in [0.2, 0.25) is 0 Å². The molecular weight excluding hydrogens is 642 g/mol. The molecule has 0 saturated heterocycles. The fourth-order valence-electron chi connectivity index (χ4n) is 2.46. The van der Waals surface area contributed by atoms with E-state index in [-0.39, 0.29) is 6.92 Å². The second kappa shape index (κ2) is 12.0. The molecule has 41 heavy (non-hydrogen) atoms. The number of rotatable bonds is 8. The lowest BCUT2D eigenvalue weighted by Gasteiger charge is -2.29. The summed E-state index contributed by atoms with van der Waals surface area (Å²) in [6, 6.07) is 0. The Kier molecular flexibility index (Phi) is 11.1. The van der Waals surface area contributed by atoms with E-state index in [0.717, 1.165) is 0 Å². The minimum Gasteiger partial charge on any atom is -0.443 e. The highest BCUT2D eigenvalue weighted by atomic mass is 19.4. The van der Waals surface area contributed by atoms with Gasteiger partial charge in [0.05, 0.1) is 5.92 Å². The van der Waals surface area contributed by atoms with Crippen molar-refractivity contribution in [3.8, 4) is 0 Å². The summed E-state index contributed by atoms with van der Waals surface area (Å²) < 4.78 is 237. The lowest BCUT2D eigenvalue weighted by Crippen LogP contribution is -2.50. The molecule has 0 aromatic carbocycles. The number of hydrogen-bond acceptors (Lipinski definition) is 6. The van der Waals surface area contributed by atoms with Crippen LogP contribution in [0.1, 0.15) is 6.92 Å². The zero-order valence-electron chi connectivity index (χ0n) is 18.8. The second-order valence-corrected chi connectivity index (χ2v) is 7.46. The van der Waals surface area contributed by atoms with Crippen molar-refractivity contribution in [2.75, 3.05) is 0 Å². The predicted molar refractivity (Wildman–Crippen MR) is 87.8 cm³/mol. The molecule has 0 aromatic heterocycles. The lowest BCUT2D eigenvalue weighted by molar-refractivity contribution is -0.317. The molecule has 0 aromatic rings. The van der Waals surface area contributed by atoms with Crippen LogP contribution >= 0.6 is 0 Å². The highest BCUT2D eigenvalue weighted by Crippen LogP contribution is 2.40. The van der Waals surface area contributed by atoms with E-state index in [0.29, 0.717) is 0 Å². The molecule has 0 heterocycles. The molecule has 240 valence electrons. The molecule has 2 unspecified atom stereocenters. The Morgan fingerprint density at radius 3 is 1.00 bits per heavy atom. The van der Waals surface area contributed by atoms with Crippen LogP contribution in [0.2, 0.25) is 0 Å². The monoisotopic (exact) mass is 652 g/mol. The van der Waals surface area contributed by atoms with Crippen LogP contribution in [0.25, 0.3) is 0 Å². The van der Waals surface area contributed by atoms with Crippen LogP contribution in [-0.2, 0) is 28.6 Å². The summed E-state index contributed by atoms with van der Waals surface area (Å²) in [7, 11) is 0. The van der Waals surface area contributed by atoms with Gasteiger partial charge in [0.15, 0.2) is 0 Å². The third-order valence-electron chi connectivity index (χ3n) is 4.24. The fourth-order valence-corrected chi connectivity index (χ4v) is 2.46. The van der Waals surface area contributed by atoms with E-state index >= 15 is 0 Å². The minimum absolute atomic E-state index is 0.141. The maximum Gasteiger partial charge on any atom is 0.434 e. The van der Waals surface area contributed by atoms with Crippen molar-refractivity contribution >= 4 is 17.9 Å². The first-order valence-electron chi connectivity index (χ1n) is 9.45. The number of alkyl halides is 18. The van der Waals surface area contributed by atoms with Gasteiger partial charge in [-0.1, -0.05) is 13.5 Å². The maximum atomic E-state index is 12.7. The number of ether oxygens (including phenoxy) is 3. The number of halogens is 18. The molecule has 24 heteroatoms. The van der Waals surface area contributed by atoms with Gasteiger partial charge >= 0.3 is 55.0 Å². The Balaban J connectivity index is 6.72. The van der Waals surface area contributed by atoms with E-state index in [9.17, 15) is 93.4 Å². The quantitative estimate of drug-likeness (QED) is 0.141. The smallest absolute Gasteiger partial charge is 0.434 e. The first kappa shape index (κ1) is 37.9. The summed E-state index contributed by atoms with van der Waals surface area (Å²) in [5, 5.41) is 0. The first-order valence-corrected chi connectivity index (χ1v) is 9.45. The Labute approximate surface area is 213 Å². The highest BCUT2D eigenvalue weighted by Gasteiger charge is 2.63. The largest absolute Gasteiger partial charge is 0.443 e. The van der Waals surface area contributed by atoms with Gasteiger partial charge in [-0.25, -0.2) is 4.79 Å². The van der Waals surface area contributed by atoms with Crippen LogP contribution in [-0.4, -0.2) is 73.3 Å². The van der Waals surface area contributed by atoms with Gasteiger partial charge in [0.1, 0.15) is 5.92 Å². The van der Waals surface area contributed by atoms with Crippen LogP contribution in [0.5, 0.6) is 0 Å². The average Bonchev–Trinajstić information content (AvgIpc) is 2.68. The molecular formula is C17H10F18O6. The van der Waals surface area contributed by atoms with Crippen LogP contribution in [0, 0.1) is 11.8 Å². The number of esters is 3. The van der Waals surface area contributed by atoms with Gasteiger partial charge < -0.3 is 14.2 Å². The van der Waals surface area contributed by atoms with Crippen LogP contribution < -0.4 is 0 Å². The van der Waals surface area contributed by atoms with Crippen molar-refractivity contribution in [2.45, 2.75) is 62.3 Å². The number of hydrogen-bond donors (Lipinski definition) is 0. The van der Waals surface area contributed by atoms with Crippen LogP contribution in [0.4, 0.5) is 79.0 Å². The Morgan fingerprint density at radius 1 is 0.488 bits per heavy atom. The SMILES string of the molecule is C=C(C(=O)OC(C(F)(F)F)C(F)(F)F)C(C(=O)OC(C(F)(F)F)C(F)(F)F)C(C)C(=O)OC(C(F)(F)F)C(F)(F)F. The number of carbonyl (C=O) groups excluding carboxylic acids is 3. The molecule has 0 aliphatic heterocycles. The Bertz CT molecular complexity index is 925. The molecule has 0 amide bonds. The standard InChI is InChI=1S/C17H10F18O6/c1-3(6(36)39-9(12(18,19)20)13(21,22)23)5(8(38)41-11(16(30,31)32)17(33,34)35)4(2)7(37)40-10(14(24,25)26)15(27,28)29/h4-5,9-11H,1H2,2H3. The topological polar surface area (TPSA) is 78.9 Å². The Hall–Kier alpha value is -3.11. The van der Waals surface area contributed by atoms with Crippen LogP contribution in [0.3, 0.4) is 0 Å². The molecule has 2 atom stereocenters. The van der Waals surface area contributed by atoms with E-state index in [4.69, 9.17) is 0 Å². The zero-order chi connectivity index (χ0) is 33.3.